The molecular weight excluding hydrogens is 316 g/mol. The fraction of sp³-hybridized carbons (Fsp3) is 0.650. The van der Waals surface area contributed by atoms with Crippen LogP contribution in [0.15, 0.2) is 30.3 Å². The third kappa shape index (κ3) is 8.14. The summed E-state index contributed by atoms with van der Waals surface area (Å²) >= 11 is 0. The first-order chi connectivity index (χ1) is 12.1. The quantitative estimate of drug-likeness (QED) is 0.293. The largest absolute Gasteiger partial charge is 0.320 e. The zero-order valence-electron chi connectivity index (χ0n) is 15.6. The minimum Gasteiger partial charge on any atom is -0.320 e. The Labute approximate surface area is 151 Å². The van der Waals surface area contributed by atoms with Gasteiger partial charge in [-0.2, -0.15) is 0 Å². The molecule has 5 heteroatoms. The molecule has 0 aliphatic rings. The molecule has 1 rings (SSSR count). The first-order valence-electron chi connectivity index (χ1n) is 9.59. The Morgan fingerprint density at radius 2 is 1.64 bits per heavy atom. The van der Waals surface area contributed by atoms with Gasteiger partial charge in [0.15, 0.2) is 0 Å². The van der Waals surface area contributed by atoms with Crippen molar-refractivity contribution in [3.63, 3.8) is 0 Å². The number of hydrogen-bond acceptors (Lipinski definition) is 3. The lowest BCUT2D eigenvalue weighted by molar-refractivity contribution is -0.516. The number of nitro groups is 1. The van der Waals surface area contributed by atoms with Gasteiger partial charge in [-0.3, -0.25) is 14.9 Å². The van der Waals surface area contributed by atoms with Gasteiger partial charge in [-0.15, -0.1) is 0 Å². The number of anilines is 1. The zero-order valence-corrected chi connectivity index (χ0v) is 15.6. The fourth-order valence-corrected chi connectivity index (χ4v) is 3.24. The summed E-state index contributed by atoms with van der Waals surface area (Å²) < 4.78 is 0. The molecule has 1 N–H and O–H groups in total. The molecule has 25 heavy (non-hydrogen) atoms. The predicted octanol–water partition coefficient (Wildman–Crippen LogP) is 5.44. The third-order valence-electron chi connectivity index (χ3n) is 4.57. The van der Waals surface area contributed by atoms with Gasteiger partial charge in [-0.05, 0) is 25.0 Å². The summed E-state index contributed by atoms with van der Waals surface area (Å²) in [5, 5.41) is 14.3. The lowest BCUT2D eigenvalue weighted by Gasteiger charge is -2.20. The standard InChI is InChI=1S/C20H32N2O3/c1-3-5-6-7-8-10-14-17(13-4-2)19(22(24)25)20(23)21-18-15-11-9-12-16-18/h9,11-12,15-17,19H,3-8,10,13-14H2,1-2H3,(H,21,23). The van der Waals surface area contributed by atoms with E-state index in [1.807, 2.05) is 13.0 Å². The molecule has 0 fully saturated rings. The van der Waals surface area contributed by atoms with Crippen molar-refractivity contribution in [2.24, 2.45) is 5.92 Å². The normalized spacial score (nSPS) is 13.2. The molecule has 1 aromatic rings. The summed E-state index contributed by atoms with van der Waals surface area (Å²) in [5.41, 5.74) is 0.606. The van der Waals surface area contributed by atoms with Crippen LogP contribution in [0.3, 0.4) is 0 Å². The zero-order chi connectivity index (χ0) is 18.5. The van der Waals surface area contributed by atoms with E-state index in [9.17, 15) is 14.9 Å². The monoisotopic (exact) mass is 348 g/mol. The van der Waals surface area contributed by atoms with Crippen LogP contribution in [0.1, 0.15) is 71.6 Å². The van der Waals surface area contributed by atoms with Gasteiger partial charge in [0.1, 0.15) is 0 Å². The second-order valence-corrected chi connectivity index (χ2v) is 6.69. The summed E-state index contributed by atoms with van der Waals surface area (Å²) in [6, 6.07) is 7.78. The molecule has 140 valence electrons. The Hall–Kier alpha value is -1.91. The van der Waals surface area contributed by atoms with E-state index < -0.39 is 16.9 Å². The van der Waals surface area contributed by atoms with Gasteiger partial charge >= 0.3 is 0 Å². The number of unbranched alkanes of at least 4 members (excludes halogenated alkanes) is 5. The van der Waals surface area contributed by atoms with Crippen LogP contribution in [0.25, 0.3) is 0 Å². The smallest absolute Gasteiger partial charge is 0.299 e. The van der Waals surface area contributed by atoms with Crippen molar-refractivity contribution in [1.29, 1.82) is 0 Å². The van der Waals surface area contributed by atoms with E-state index >= 15 is 0 Å². The van der Waals surface area contributed by atoms with Gasteiger partial charge in [0.25, 0.3) is 11.9 Å². The second kappa shape index (κ2) is 12.5. The van der Waals surface area contributed by atoms with Crippen molar-refractivity contribution in [3.05, 3.63) is 40.4 Å². The van der Waals surface area contributed by atoms with E-state index in [4.69, 9.17) is 0 Å². The van der Waals surface area contributed by atoms with Crippen LogP contribution in [0.2, 0.25) is 0 Å². The van der Waals surface area contributed by atoms with E-state index in [-0.39, 0.29) is 5.92 Å². The van der Waals surface area contributed by atoms with Crippen molar-refractivity contribution < 1.29 is 9.72 Å². The molecule has 5 nitrogen and oxygen atoms in total. The molecule has 0 heterocycles. The third-order valence-corrected chi connectivity index (χ3v) is 4.57. The molecule has 0 spiro atoms. The van der Waals surface area contributed by atoms with E-state index in [0.717, 1.165) is 25.7 Å². The number of carbonyl (C=O) groups is 1. The minimum atomic E-state index is -1.17. The molecule has 2 unspecified atom stereocenters. The van der Waals surface area contributed by atoms with Crippen LogP contribution in [0.4, 0.5) is 5.69 Å². The molecule has 0 aromatic heterocycles. The number of para-hydroxylation sites is 1. The molecule has 0 saturated heterocycles. The molecule has 0 saturated carbocycles. The summed E-state index contributed by atoms with van der Waals surface area (Å²) in [6.07, 6.45) is 9.20. The maximum atomic E-state index is 12.5. The summed E-state index contributed by atoms with van der Waals surface area (Å²) in [5.74, 6) is -0.699. The van der Waals surface area contributed by atoms with Crippen molar-refractivity contribution in [2.45, 2.75) is 77.7 Å². The van der Waals surface area contributed by atoms with Crippen LogP contribution < -0.4 is 5.32 Å². The van der Waals surface area contributed by atoms with Crippen LogP contribution in [-0.4, -0.2) is 16.9 Å². The van der Waals surface area contributed by atoms with Crippen LogP contribution in [0, 0.1) is 16.0 Å². The van der Waals surface area contributed by atoms with Crippen molar-refractivity contribution in [1.82, 2.24) is 0 Å². The molecule has 2 atom stereocenters. The number of benzene rings is 1. The summed E-state index contributed by atoms with van der Waals surface area (Å²) in [6.45, 7) is 4.20. The van der Waals surface area contributed by atoms with E-state index in [2.05, 4.69) is 12.2 Å². The minimum absolute atomic E-state index is 0.199. The molecule has 1 amide bonds. The maximum Gasteiger partial charge on any atom is 0.299 e. The van der Waals surface area contributed by atoms with Gasteiger partial charge in [-0.1, -0.05) is 77.0 Å². The average Bonchev–Trinajstić information content (AvgIpc) is 2.58. The number of amides is 1. The second-order valence-electron chi connectivity index (χ2n) is 6.69. The SMILES string of the molecule is CCCCCCCCC(CCC)C(C(=O)Nc1ccccc1)[N+](=O)[O-]. The van der Waals surface area contributed by atoms with Gasteiger partial charge < -0.3 is 5.32 Å². The van der Waals surface area contributed by atoms with Crippen LogP contribution in [0.5, 0.6) is 0 Å². The summed E-state index contributed by atoms with van der Waals surface area (Å²) in [4.78, 5) is 23.7. The Morgan fingerprint density at radius 3 is 2.24 bits per heavy atom. The van der Waals surface area contributed by atoms with Gasteiger partial charge in [0, 0.05) is 16.5 Å². The molecular formula is C20H32N2O3. The molecule has 1 aromatic carbocycles. The van der Waals surface area contributed by atoms with Crippen molar-refractivity contribution in [2.75, 3.05) is 5.32 Å². The average molecular weight is 348 g/mol. The number of nitrogens with one attached hydrogen (secondary N) is 1. The van der Waals surface area contributed by atoms with Gasteiger partial charge in [0.05, 0.1) is 0 Å². The van der Waals surface area contributed by atoms with Gasteiger partial charge in [-0.25, -0.2) is 0 Å². The topological polar surface area (TPSA) is 72.2 Å². The fourth-order valence-electron chi connectivity index (χ4n) is 3.24. The first-order valence-corrected chi connectivity index (χ1v) is 9.59. The number of hydrogen-bond donors (Lipinski definition) is 1. The van der Waals surface area contributed by atoms with Gasteiger partial charge in [0.2, 0.25) is 0 Å². The van der Waals surface area contributed by atoms with Crippen molar-refractivity contribution >= 4 is 11.6 Å². The van der Waals surface area contributed by atoms with Crippen LogP contribution >= 0.6 is 0 Å². The van der Waals surface area contributed by atoms with E-state index in [1.54, 1.807) is 24.3 Å². The Morgan fingerprint density at radius 1 is 1.00 bits per heavy atom. The molecule has 0 bridgehead atoms. The molecule has 0 aliphatic carbocycles. The van der Waals surface area contributed by atoms with E-state index in [1.165, 1.54) is 25.7 Å². The Balaban J connectivity index is 2.63. The predicted molar refractivity (Wildman–Crippen MR) is 102 cm³/mol. The number of rotatable bonds is 13. The molecule has 0 aliphatic heterocycles. The highest BCUT2D eigenvalue weighted by atomic mass is 16.6. The molecule has 0 radical (unpaired) electrons. The van der Waals surface area contributed by atoms with Crippen molar-refractivity contribution in [3.8, 4) is 0 Å². The number of nitrogens with zero attached hydrogens (tertiary/aromatic N) is 1. The lowest BCUT2D eigenvalue weighted by atomic mass is 9.89. The highest BCUT2D eigenvalue weighted by Gasteiger charge is 2.37. The van der Waals surface area contributed by atoms with Crippen LogP contribution in [-0.2, 0) is 4.79 Å². The Kier molecular flexibility index (Phi) is 10.5. The first kappa shape index (κ1) is 21.1. The highest BCUT2D eigenvalue weighted by Crippen LogP contribution is 2.23. The Bertz CT molecular complexity index is 505. The maximum absolute atomic E-state index is 12.5. The lowest BCUT2D eigenvalue weighted by Crippen LogP contribution is -2.41. The summed E-state index contributed by atoms with van der Waals surface area (Å²) in [7, 11) is 0. The number of carbonyl (C=O) groups excluding carboxylic acids is 1. The highest BCUT2D eigenvalue weighted by molar-refractivity contribution is 5.94. The van der Waals surface area contributed by atoms with E-state index in [0.29, 0.717) is 12.1 Å².